The van der Waals surface area contributed by atoms with Crippen LogP contribution in [-0.4, -0.2) is 30.4 Å². The molecule has 1 saturated heterocycles. The van der Waals surface area contributed by atoms with E-state index in [4.69, 9.17) is 4.74 Å². The maximum absolute atomic E-state index is 11.3. The first kappa shape index (κ1) is 14.5. The Bertz CT molecular complexity index is 461. The molecule has 0 aromatic heterocycles. The third kappa shape index (κ3) is 3.80. The van der Waals surface area contributed by atoms with Gasteiger partial charge in [-0.3, -0.25) is 9.69 Å². The Morgan fingerprint density at radius 3 is 3.00 bits per heavy atom. The third-order valence-electron chi connectivity index (χ3n) is 3.65. The zero-order chi connectivity index (χ0) is 13.8. The average molecular weight is 326 g/mol. The van der Waals surface area contributed by atoms with E-state index >= 15 is 0 Å². The summed E-state index contributed by atoms with van der Waals surface area (Å²) in [6, 6.07) is 6.43. The monoisotopic (exact) mass is 325 g/mol. The van der Waals surface area contributed by atoms with Crippen molar-refractivity contribution in [3.8, 4) is 5.75 Å². The van der Waals surface area contributed by atoms with E-state index in [1.165, 1.54) is 12.0 Å². The van der Waals surface area contributed by atoms with Gasteiger partial charge in [0, 0.05) is 23.5 Å². The van der Waals surface area contributed by atoms with Crippen LogP contribution in [0.3, 0.4) is 0 Å². The molecule has 3 nitrogen and oxygen atoms in total. The molecule has 0 amide bonds. The highest BCUT2D eigenvalue weighted by Crippen LogP contribution is 2.28. The van der Waals surface area contributed by atoms with Crippen LogP contribution in [-0.2, 0) is 11.3 Å². The molecule has 0 N–H and O–H groups in total. The van der Waals surface area contributed by atoms with E-state index < -0.39 is 0 Å². The number of nitrogens with zero attached hydrogens (tertiary/aromatic N) is 1. The molecular formula is C15H20BrNO2. The lowest BCUT2D eigenvalue weighted by Gasteiger charge is -2.24. The summed E-state index contributed by atoms with van der Waals surface area (Å²) in [4.78, 5) is 13.7. The number of likely N-dealkylation sites (tertiary alicyclic amines) is 1. The Kier molecular flexibility index (Phi) is 4.99. The van der Waals surface area contributed by atoms with Crippen molar-refractivity contribution in [1.82, 2.24) is 4.90 Å². The zero-order valence-electron chi connectivity index (χ0n) is 11.5. The number of halogens is 1. The summed E-state index contributed by atoms with van der Waals surface area (Å²) in [6.45, 7) is 3.62. The van der Waals surface area contributed by atoms with Crippen molar-refractivity contribution in [2.24, 2.45) is 0 Å². The summed E-state index contributed by atoms with van der Waals surface area (Å²) in [5, 5.41) is 0. The van der Waals surface area contributed by atoms with Crippen LogP contribution in [0.15, 0.2) is 22.7 Å². The van der Waals surface area contributed by atoms with Crippen LogP contribution in [0.25, 0.3) is 0 Å². The van der Waals surface area contributed by atoms with Crippen LogP contribution in [0.5, 0.6) is 5.75 Å². The Hall–Kier alpha value is -0.870. The molecule has 1 fully saturated rings. The molecule has 0 bridgehead atoms. The van der Waals surface area contributed by atoms with Crippen molar-refractivity contribution < 1.29 is 9.53 Å². The number of Topliss-reactive ketones (excluding diaryl/α,β-unsaturated/α-hetero) is 1. The predicted octanol–water partition coefficient (Wildman–Crippen LogP) is 3.40. The first-order valence-corrected chi connectivity index (χ1v) is 7.45. The molecule has 1 aliphatic heterocycles. The maximum Gasteiger partial charge on any atom is 0.131 e. The number of methoxy groups -OCH3 is 1. The number of ketones is 1. The highest BCUT2D eigenvalue weighted by Gasteiger charge is 2.25. The van der Waals surface area contributed by atoms with Gasteiger partial charge in [0.05, 0.1) is 7.11 Å². The molecule has 1 aromatic carbocycles. The summed E-state index contributed by atoms with van der Waals surface area (Å²) in [5.74, 6) is 1.15. The van der Waals surface area contributed by atoms with E-state index in [-0.39, 0.29) is 5.78 Å². The fraction of sp³-hybridized carbons (Fsp3) is 0.533. The maximum atomic E-state index is 11.3. The second-order valence-electron chi connectivity index (χ2n) is 5.13. The second-order valence-corrected chi connectivity index (χ2v) is 5.98. The molecular weight excluding hydrogens is 306 g/mol. The van der Waals surface area contributed by atoms with E-state index in [0.29, 0.717) is 12.5 Å². The molecule has 0 saturated carbocycles. The minimum absolute atomic E-state index is 0.279. The summed E-state index contributed by atoms with van der Waals surface area (Å²) >= 11 is 3.59. The standard InChI is InChI=1S/C15H20BrNO2/c1-11(18)8-13-4-3-7-17(13)10-12-9-14(19-2)5-6-15(12)16/h5-6,9,13H,3-4,7-8,10H2,1-2H3. The largest absolute Gasteiger partial charge is 0.497 e. The molecule has 1 atom stereocenters. The number of hydrogen-bond acceptors (Lipinski definition) is 3. The fourth-order valence-corrected chi connectivity index (χ4v) is 3.06. The summed E-state index contributed by atoms with van der Waals surface area (Å²) < 4.78 is 6.37. The number of hydrogen-bond donors (Lipinski definition) is 0. The Morgan fingerprint density at radius 1 is 1.53 bits per heavy atom. The summed E-state index contributed by atoms with van der Waals surface area (Å²) in [5.41, 5.74) is 1.22. The smallest absolute Gasteiger partial charge is 0.131 e. The van der Waals surface area contributed by atoms with Gasteiger partial charge in [-0.25, -0.2) is 0 Å². The quantitative estimate of drug-likeness (QED) is 0.831. The SMILES string of the molecule is COc1ccc(Br)c(CN2CCCC2CC(C)=O)c1. The molecule has 1 aromatic rings. The van der Waals surface area contributed by atoms with Gasteiger partial charge in [0.15, 0.2) is 0 Å². The van der Waals surface area contributed by atoms with E-state index in [9.17, 15) is 4.79 Å². The summed E-state index contributed by atoms with van der Waals surface area (Å²) in [7, 11) is 1.68. The van der Waals surface area contributed by atoms with Gasteiger partial charge in [-0.15, -0.1) is 0 Å². The lowest BCUT2D eigenvalue weighted by Crippen LogP contribution is -2.30. The van der Waals surface area contributed by atoms with Crippen LogP contribution in [0.4, 0.5) is 0 Å². The lowest BCUT2D eigenvalue weighted by atomic mass is 10.1. The molecule has 2 rings (SSSR count). The van der Waals surface area contributed by atoms with Crippen molar-refractivity contribution in [3.63, 3.8) is 0 Å². The van der Waals surface area contributed by atoms with E-state index in [1.54, 1.807) is 14.0 Å². The van der Waals surface area contributed by atoms with Gasteiger partial charge in [-0.05, 0) is 50.1 Å². The van der Waals surface area contributed by atoms with Gasteiger partial charge in [0.2, 0.25) is 0 Å². The van der Waals surface area contributed by atoms with E-state index in [1.807, 2.05) is 12.1 Å². The molecule has 1 aliphatic rings. The lowest BCUT2D eigenvalue weighted by molar-refractivity contribution is -0.118. The minimum Gasteiger partial charge on any atom is -0.497 e. The van der Waals surface area contributed by atoms with Crippen LogP contribution in [0, 0.1) is 0 Å². The number of rotatable bonds is 5. The highest BCUT2D eigenvalue weighted by atomic mass is 79.9. The number of carbonyl (C=O) groups is 1. The predicted molar refractivity (Wildman–Crippen MR) is 79.4 cm³/mol. The molecule has 1 unspecified atom stereocenters. The molecule has 104 valence electrons. The fourth-order valence-electron chi connectivity index (χ4n) is 2.68. The first-order valence-electron chi connectivity index (χ1n) is 6.66. The van der Waals surface area contributed by atoms with Crippen LogP contribution in [0.1, 0.15) is 31.7 Å². The van der Waals surface area contributed by atoms with Crippen LogP contribution in [0.2, 0.25) is 0 Å². The topological polar surface area (TPSA) is 29.5 Å². The van der Waals surface area contributed by atoms with Gasteiger partial charge < -0.3 is 4.74 Å². The molecule has 0 spiro atoms. The van der Waals surface area contributed by atoms with Crippen LogP contribution < -0.4 is 4.74 Å². The summed E-state index contributed by atoms with van der Waals surface area (Å²) in [6.07, 6.45) is 2.97. The number of ether oxygens (including phenoxy) is 1. The highest BCUT2D eigenvalue weighted by molar-refractivity contribution is 9.10. The van der Waals surface area contributed by atoms with Crippen molar-refractivity contribution in [2.45, 2.75) is 38.8 Å². The number of carbonyl (C=O) groups excluding carboxylic acids is 1. The van der Waals surface area contributed by atoms with E-state index in [2.05, 4.69) is 26.9 Å². The third-order valence-corrected chi connectivity index (χ3v) is 4.42. The second kappa shape index (κ2) is 6.53. The van der Waals surface area contributed by atoms with Gasteiger partial charge in [0.1, 0.15) is 11.5 Å². The van der Waals surface area contributed by atoms with Crippen molar-refractivity contribution >= 4 is 21.7 Å². The van der Waals surface area contributed by atoms with E-state index in [0.717, 1.165) is 29.7 Å². The van der Waals surface area contributed by atoms with Crippen molar-refractivity contribution in [1.29, 1.82) is 0 Å². The Morgan fingerprint density at radius 2 is 2.32 bits per heavy atom. The van der Waals surface area contributed by atoms with Gasteiger partial charge in [-0.1, -0.05) is 15.9 Å². The van der Waals surface area contributed by atoms with Crippen LogP contribution >= 0.6 is 15.9 Å². The first-order chi connectivity index (χ1) is 9.10. The molecule has 4 heteroatoms. The number of benzene rings is 1. The zero-order valence-corrected chi connectivity index (χ0v) is 13.1. The minimum atomic E-state index is 0.279. The normalized spacial score (nSPS) is 19.6. The molecule has 0 radical (unpaired) electrons. The molecule has 19 heavy (non-hydrogen) atoms. The van der Waals surface area contributed by atoms with Crippen molar-refractivity contribution in [2.75, 3.05) is 13.7 Å². The van der Waals surface area contributed by atoms with Crippen molar-refractivity contribution in [3.05, 3.63) is 28.2 Å². The van der Waals surface area contributed by atoms with Gasteiger partial charge in [-0.2, -0.15) is 0 Å². The Balaban J connectivity index is 2.09. The molecule has 0 aliphatic carbocycles. The Labute approximate surface area is 123 Å². The van der Waals surface area contributed by atoms with Gasteiger partial charge >= 0.3 is 0 Å². The average Bonchev–Trinajstić information content (AvgIpc) is 2.78. The molecule has 1 heterocycles. The van der Waals surface area contributed by atoms with Gasteiger partial charge in [0.25, 0.3) is 0 Å².